The lowest BCUT2D eigenvalue weighted by molar-refractivity contribution is -0.302. The van der Waals surface area contributed by atoms with Crippen LogP contribution in [0.25, 0.3) is 0 Å². The lowest BCUT2D eigenvalue weighted by Crippen LogP contribution is -2.60. The van der Waals surface area contributed by atoms with E-state index in [1.807, 2.05) is 6.08 Å². The normalized spacial score (nSPS) is 18.9. The Morgan fingerprint density at radius 3 is 1.30 bits per heavy atom. The fraction of sp³-hybridized carbons (Fsp3) is 0.905. The van der Waals surface area contributed by atoms with E-state index in [1.54, 1.807) is 6.08 Å². The number of hydrogen-bond acceptors (Lipinski definition) is 10. The summed E-state index contributed by atoms with van der Waals surface area (Å²) in [6.45, 7) is 4.35. The van der Waals surface area contributed by atoms with Crippen molar-refractivity contribution in [2.24, 2.45) is 0 Å². The second-order valence-corrected chi connectivity index (χ2v) is 22.1. The molecule has 11 heteroatoms. The highest BCUT2D eigenvalue weighted by molar-refractivity contribution is 5.76. The van der Waals surface area contributed by atoms with Crippen molar-refractivity contribution in [2.45, 2.75) is 346 Å². The highest BCUT2D eigenvalue weighted by Gasteiger charge is 2.44. The lowest BCUT2D eigenvalue weighted by Gasteiger charge is -2.40. The van der Waals surface area contributed by atoms with E-state index in [4.69, 9.17) is 14.2 Å². The number of unbranched alkanes of at least 4 members (excludes halogenated alkanes) is 39. The quantitative estimate of drug-likeness (QED) is 0.0195. The maximum absolute atomic E-state index is 13.0. The molecule has 1 rings (SSSR count). The first kappa shape index (κ1) is 70.2. The Morgan fingerprint density at radius 1 is 0.486 bits per heavy atom. The molecule has 0 spiro atoms. The average Bonchev–Trinajstić information content (AvgIpc) is 3.40. The topological polar surface area (TPSA) is 175 Å². The first-order valence-corrected chi connectivity index (χ1v) is 31.6. The molecule has 6 N–H and O–H groups in total. The number of amides is 1. The molecule has 1 amide bonds. The average molecular weight is 1050 g/mol. The number of nitrogens with one attached hydrogen (secondary N) is 1. The number of allylic oxidation sites excluding steroid dienone is 3. The Kier molecular flexibility index (Phi) is 50.4. The van der Waals surface area contributed by atoms with Crippen LogP contribution < -0.4 is 5.32 Å². The minimum Gasteiger partial charge on any atom is -0.466 e. The maximum Gasteiger partial charge on any atom is 0.305 e. The molecule has 7 atom stereocenters. The molecule has 0 bridgehead atoms. The summed E-state index contributed by atoms with van der Waals surface area (Å²) in [5.74, 6) is -0.190. The molecule has 1 aliphatic heterocycles. The zero-order chi connectivity index (χ0) is 53.8. The van der Waals surface area contributed by atoms with Crippen LogP contribution in [0.3, 0.4) is 0 Å². The van der Waals surface area contributed by atoms with Crippen molar-refractivity contribution in [3.8, 4) is 0 Å². The fourth-order valence-corrected chi connectivity index (χ4v) is 10.0. The van der Waals surface area contributed by atoms with E-state index in [2.05, 4.69) is 31.3 Å². The SMILES string of the molecule is CCCCCCCCCCCCC/C=C/C(O)C(COC1OC(CO)C(O)C(O)C1O)NC(=O)CCCCCCCCC/C=C\CCCCCCCCCCCCCOC(=O)CCCCCCCCCCCCC. The summed E-state index contributed by atoms with van der Waals surface area (Å²) >= 11 is 0. The van der Waals surface area contributed by atoms with E-state index in [1.165, 1.54) is 205 Å². The second kappa shape index (κ2) is 53.2. The van der Waals surface area contributed by atoms with E-state index < -0.39 is 49.5 Å². The molecule has 0 aromatic carbocycles. The summed E-state index contributed by atoms with van der Waals surface area (Å²) < 4.78 is 16.7. The predicted octanol–water partition coefficient (Wildman–Crippen LogP) is 14.9. The van der Waals surface area contributed by atoms with Crippen LogP contribution in [0.5, 0.6) is 0 Å². The van der Waals surface area contributed by atoms with Crippen LogP contribution >= 0.6 is 0 Å². The summed E-state index contributed by atoms with van der Waals surface area (Å²) in [7, 11) is 0. The Labute approximate surface area is 454 Å². The van der Waals surface area contributed by atoms with E-state index in [0.29, 0.717) is 19.4 Å². The number of carbonyl (C=O) groups is 2. The van der Waals surface area contributed by atoms with Gasteiger partial charge in [-0.1, -0.05) is 256 Å². The van der Waals surface area contributed by atoms with Gasteiger partial charge in [0, 0.05) is 12.8 Å². The Morgan fingerprint density at radius 2 is 0.865 bits per heavy atom. The molecule has 11 nitrogen and oxygen atoms in total. The molecule has 436 valence electrons. The van der Waals surface area contributed by atoms with Gasteiger partial charge >= 0.3 is 5.97 Å². The number of ether oxygens (including phenoxy) is 3. The third-order valence-electron chi connectivity index (χ3n) is 15.1. The summed E-state index contributed by atoms with van der Waals surface area (Å²) in [5, 5.41) is 54.4. The van der Waals surface area contributed by atoms with Gasteiger partial charge in [0.25, 0.3) is 0 Å². The molecular formula is C63H119NO10. The summed E-state index contributed by atoms with van der Waals surface area (Å²) in [4.78, 5) is 25.1. The summed E-state index contributed by atoms with van der Waals surface area (Å²) in [6.07, 6.45) is 54.1. The van der Waals surface area contributed by atoms with Crippen LogP contribution in [0.15, 0.2) is 24.3 Å². The monoisotopic (exact) mass is 1050 g/mol. The highest BCUT2D eigenvalue weighted by atomic mass is 16.7. The van der Waals surface area contributed by atoms with Gasteiger partial charge in [-0.15, -0.1) is 0 Å². The maximum atomic E-state index is 13.0. The first-order valence-electron chi connectivity index (χ1n) is 31.6. The number of aliphatic hydroxyl groups excluding tert-OH is 5. The van der Waals surface area contributed by atoms with E-state index in [9.17, 15) is 35.1 Å². The number of carbonyl (C=O) groups excluding carboxylic acids is 2. The summed E-state index contributed by atoms with van der Waals surface area (Å²) in [6, 6.07) is -0.814. The number of hydrogen-bond donors (Lipinski definition) is 6. The zero-order valence-electron chi connectivity index (χ0n) is 48.1. The van der Waals surface area contributed by atoms with Crippen molar-refractivity contribution in [3.05, 3.63) is 24.3 Å². The van der Waals surface area contributed by atoms with E-state index in [-0.39, 0.29) is 18.5 Å². The molecule has 0 aromatic rings. The van der Waals surface area contributed by atoms with Gasteiger partial charge in [-0.25, -0.2) is 0 Å². The molecule has 1 heterocycles. The van der Waals surface area contributed by atoms with Crippen molar-refractivity contribution in [3.63, 3.8) is 0 Å². The van der Waals surface area contributed by atoms with Gasteiger partial charge in [0.15, 0.2) is 6.29 Å². The van der Waals surface area contributed by atoms with Crippen LogP contribution in [0.2, 0.25) is 0 Å². The molecule has 1 saturated heterocycles. The molecule has 0 aromatic heterocycles. The second-order valence-electron chi connectivity index (χ2n) is 22.1. The standard InChI is InChI=1S/C63H119NO10/c1-3-5-7-9-11-13-15-26-30-33-37-41-45-49-56(66)55(54-73-63-62(71)61(70)60(69)57(53-65)74-63)64-58(67)50-46-42-38-34-31-27-24-22-20-18-16-17-19-21-23-25-28-32-36-40-44-48-52-72-59(68)51-47-43-39-35-29-14-12-10-8-6-4-2/h18,20,45,49,55-57,60-63,65-66,69-71H,3-17,19,21-44,46-48,50-54H2,1-2H3,(H,64,67)/b20-18-,49-45+. The fourth-order valence-electron chi connectivity index (χ4n) is 10.0. The van der Waals surface area contributed by atoms with Gasteiger partial charge in [0.05, 0.1) is 32.0 Å². The van der Waals surface area contributed by atoms with Crippen molar-refractivity contribution >= 4 is 11.9 Å². The Hall–Kier alpha value is -1.86. The minimum absolute atomic E-state index is 0.00253. The number of esters is 1. The third kappa shape index (κ3) is 42.2. The predicted molar refractivity (Wildman–Crippen MR) is 306 cm³/mol. The van der Waals surface area contributed by atoms with Gasteiger partial charge in [-0.3, -0.25) is 9.59 Å². The van der Waals surface area contributed by atoms with Crippen molar-refractivity contribution in [1.29, 1.82) is 0 Å². The molecular weight excluding hydrogens is 931 g/mol. The molecule has 0 radical (unpaired) electrons. The number of rotatable bonds is 55. The molecule has 0 aliphatic carbocycles. The largest absolute Gasteiger partial charge is 0.466 e. The number of aliphatic hydroxyl groups is 5. The highest BCUT2D eigenvalue weighted by Crippen LogP contribution is 2.23. The van der Waals surface area contributed by atoms with Crippen molar-refractivity contribution in [1.82, 2.24) is 5.32 Å². The van der Waals surface area contributed by atoms with Crippen LogP contribution in [0, 0.1) is 0 Å². The minimum atomic E-state index is -1.57. The molecule has 1 fully saturated rings. The smallest absolute Gasteiger partial charge is 0.305 e. The van der Waals surface area contributed by atoms with Gasteiger partial charge in [0.1, 0.15) is 24.4 Å². The molecule has 74 heavy (non-hydrogen) atoms. The van der Waals surface area contributed by atoms with Crippen LogP contribution in [0.1, 0.15) is 303 Å². The van der Waals surface area contributed by atoms with Crippen LogP contribution in [0.4, 0.5) is 0 Å². The molecule has 0 saturated carbocycles. The first-order chi connectivity index (χ1) is 36.2. The Bertz CT molecular complexity index is 1280. The third-order valence-corrected chi connectivity index (χ3v) is 15.1. The van der Waals surface area contributed by atoms with Gasteiger partial charge < -0.3 is 45.1 Å². The Balaban J connectivity index is 2.07. The lowest BCUT2D eigenvalue weighted by atomic mass is 9.99. The zero-order valence-corrected chi connectivity index (χ0v) is 48.1. The van der Waals surface area contributed by atoms with Crippen LogP contribution in [-0.4, -0.2) is 100 Å². The van der Waals surface area contributed by atoms with Crippen LogP contribution in [-0.2, 0) is 23.8 Å². The van der Waals surface area contributed by atoms with E-state index in [0.717, 1.165) is 70.6 Å². The van der Waals surface area contributed by atoms with Gasteiger partial charge in [-0.05, 0) is 57.8 Å². The molecule has 1 aliphatic rings. The van der Waals surface area contributed by atoms with Crippen molar-refractivity contribution < 1.29 is 49.3 Å². The van der Waals surface area contributed by atoms with Gasteiger partial charge in [0.2, 0.25) is 5.91 Å². The van der Waals surface area contributed by atoms with Crippen molar-refractivity contribution in [2.75, 3.05) is 19.8 Å². The molecule has 7 unspecified atom stereocenters. The van der Waals surface area contributed by atoms with Gasteiger partial charge in [-0.2, -0.15) is 0 Å². The summed E-state index contributed by atoms with van der Waals surface area (Å²) in [5.41, 5.74) is 0. The van der Waals surface area contributed by atoms with E-state index >= 15 is 0 Å².